The number of aryl methyl sites for hydroxylation is 1. The molecule has 3 N–H and O–H groups in total. The number of halogens is 1. The molecule has 0 aromatic heterocycles. The van der Waals surface area contributed by atoms with Crippen LogP contribution >= 0.6 is 11.6 Å². The van der Waals surface area contributed by atoms with Gasteiger partial charge in [-0.1, -0.05) is 59.6 Å². The van der Waals surface area contributed by atoms with Crippen molar-refractivity contribution in [1.29, 1.82) is 0 Å². The van der Waals surface area contributed by atoms with Crippen molar-refractivity contribution in [3.8, 4) is 0 Å². The third-order valence-corrected chi connectivity index (χ3v) is 6.71. The van der Waals surface area contributed by atoms with Gasteiger partial charge >= 0.3 is 5.97 Å². The first-order valence-electron chi connectivity index (χ1n) is 10.4. The minimum atomic E-state index is -1.01. The summed E-state index contributed by atoms with van der Waals surface area (Å²) in [7, 11) is 0. The number of benzene rings is 3. The molecule has 2 heterocycles. The van der Waals surface area contributed by atoms with Gasteiger partial charge in [0.05, 0.1) is 17.6 Å². The Labute approximate surface area is 190 Å². The summed E-state index contributed by atoms with van der Waals surface area (Å²) in [6.07, 6.45) is 0. The van der Waals surface area contributed by atoms with Gasteiger partial charge in [-0.05, 0) is 48.4 Å². The molecular formula is C25H22ClN3O3. The lowest BCUT2D eigenvalue weighted by molar-refractivity contribution is -0.119. The van der Waals surface area contributed by atoms with E-state index in [0.29, 0.717) is 10.7 Å². The molecule has 7 heteroatoms. The molecule has 4 atom stereocenters. The van der Waals surface area contributed by atoms with Crippen molar-refractivity contribution in [2.24, 2.45) is 5.92 Å². The molecular weight excluding hydrogens is 426 g/mol. The third kappa shape index (κ3) is 3.37. The van der Waals surface area contributed by atoms with E-state index < -0.39 is 12.0 Å². The fraction of sp³-hybridized carbons (Fsp3) is 0.200. The quantitative estimate of drug-likeness (QED) is 0.556. The lowest BCUT2D eigenvalue weighted by Crippen LogP contribution is -2.41. The number of carboxylic acids is 1. The van der Waals surface area contributed by atoms with Gasteiger partial charge in [0.25, 0.3) is 0 Å². The number of anilines is 1. The second-order valence-electron chi connectivity index (χ2n) is 8.26. The van der Waals surface area contributed by atoms with Crippen molar-refractivity contribution in [3.63, 3.8) is 0 Å². The molecule has 0 spiro atoms. The number of amides is 1. The van der Waals surface area contributed by atoms with Crippen molar-refractivity contribution < 1.29 is 14.7 Å². The fourth-order valence-corrected chi connectivity index (χ4v) is 5.06. The Kier molecular flexibility index (Phi) is 5.21. The van der Waals surface area contributed by atoms with Crippen molar-refractivity contribution in [2.45, 2.75) is 25.0 Å². The maximum absolute atomic E-state index is 13.6. The van der Waals surface area contributed by atoms with Gasteiger partial charge in [-0.3, -0.25) is 4.79 Å². The number of rotatable bonds is 4. The summed E-state index contributed by atoms with van der Waals surface area (Å²) < 4.78 is 0. The summed E-state index contributed by atoms with van der Waals surface area (Å²) in [6, 6.07) is 21.4. The average Bonchev–Trinajstić information content (AvgIpc) is 3.34. The maximum atomic E-state index is 13.6. The van der Waals surface area contributed by atoms with Crippen LogP contribution < -0.4 is 15.8 Å². The molecule has 0 radical (unpaired) electrons. The van der Waals surface area contributed by atoms with Crippen LogP contribution in [0.4, 0.5) is 5.69 Å². The molecule has 0 aliphatic carbocycles. The van der Waals surface area contributed by atoms with E-state index in [1.807, 2.05) is 31.2 Å². The number of hydrogen-bond acceptors (Lipinski definition) is 4. The van der Waals surface area contributed by atoms with Gasteiger partial charge in [0.1, 0.15) is 6.04 Å². The molecule has 0 saturated carbocycles. The number of nitrogens with one attached hydrogen (secondary N) is 2. The second kappa shape index (κ2) is 8.06. The highest BCUT2D eigenvalue weighted by atomic mass is 35.5. The number of carbonyl (C=O) groups excluding carboxylic acids is 1. The molecule has 2 fully saturated rings. The summed E-state index contributed by atoms with van der Waals surface area (Å²) in [5.41, 5.74) is 10.5. The molecule has 1 amide bonds. The van der Waals surface area contributed by atoms with E-state index >= 15 is 0 Å². The number of carboxylic acid groups (broad SMARTS) is 1. The third-order valence-electron chi connectivity index (χ3n) is 6.36. The summed E-state index contributed by atoms with van der Waals surface area (Å²) in [6.45, 7) is 2.04. The van der Waals surface area contributed by atoms with Crippen molar-refractivity contribution in [2.75, 3.05) is 4.90 Å². The normalized spacial score (nSPS) is 24.6. The van der Waals surface area contributed by atoms with Gasteiger partial charge in [0.15, 0.2) is 0 Å². The van der Waals surface area contributed by atoms with Crippen LogP contribution in [0.3, 0.4) is 0 Å². The zero-order valence-corrected chi connectivity index (χ0v) is 18.1. The van der Waals surface area contributed by atoms with Gasteiger partial charge in [0, 0.05) is 16.6 Å². The van der Waals surface area contributed by atoms with E-state index in [9.17, 15) is 14.7 Å². The number of hydrogen-bond donors (Lipinski definition) is 3. The Bertz CT molecular complexity index is 1180. The Morgan fingerprint density at radius 1 is 0.938 bits per heavy atom. The highest BCUT2D eigenvalue weighted by Gasteiger charge is 2.56. The van der Waals surface area contributed by atoms with Crippen molar-refractivity contribution in [3.05, 3.63) is 100 Å². The summed E-state index contributed by atoms with van der Waals surface area (Å²) >= 11 is 6.62. The SMILES string of the molecule is Cc1ccc(C2NNC3C(=O)N(c4ccc(C(=O)O)cc4)C(c4ccccc4Cl)C32)cc1. The van der Waals surface area contributed by atoms with E-state index in [-0.39, 0.29) is 29.5 Å². The van der Waals surface area contributed by atoms with Crippen LogP contribution in [-0.4, -0.2) is 23.0 Å². The lowest BCUT2D eigenvalue weighted by Gasteiger charge is -2.32. The monoisotopic (exact) mass is 447 g/mol. The van der Waals surface area contributed by atoms with Crippen LogP contribution in [-0.2, 0) is 4.79 Å². The number of hydrazine groups is 1. The zero-order valence-electron chi connectivity index (χ0n) is 17.3. The fourth-order valence-electron chi connectivity index (χ4n) is 4.81. The first-order valence-corrected chi connectivity index (χ1v) is 10.8. The summed E-state index contributed by atoms with van der Waals surface area (Å²) in [5.74, 6) is -1.21. The standard InChI is InChI=1S/C25H22ClN3O3/c1-14-6-8-15(9-7-14)21-20-22(28-27-21)24(30)29(17-12-10-16(11-13-17)25(31)32)23(20)18-4-2-3-5-19(18)26/h2-13,20-23,27-28H,1H3,(H,31,32). The van der Waals surface area contributed by atoms with Crippen LogP contribution in [0.2, 0.25) is 5.02 Å². The second-order valence-corrected chi connectivity index (χ2v) is 8.67. The molecule has 2 aliphatic heterocycles. The predicted molar refractivity (Wildman–Crippen MR) is 123 cm³/mol. The minimum Gasteiger partial charge on any atom is -0.478 e. The summed E-state index contributed by atoms with van der Waals surface area (Å²) in [5, 5.41) is 9.85. The number of aromatic carboxylic acids is 1. The van der Waals surface area contributed by atoms with Gasteiger partial charge in [0.2, 0.25) is 5.91 Å². The molecule has 162 valence electrons. The van der Waals surface area contributed by atoms with E-state index in [4.69, 9.17) is 11.6 Å². The van der Waals surface area contributed by atoms with Gasteiger partial charge < -0.3 is 10.0 Å². The first kappa shape index (κ1) is 20.7. The van der Waals surface area contributed by atoms with Crippen molar-refractivity contribution >= 4 is 29.2 Å². The smallest absolute Gasteiger partial charge is 0.335 e. The number of fused-ring (bicyclic) bond motifs is 1. The molecule has 3 aromatic carbocycles. The van der Waals surface area contributed by atoms with E-state index in [1.54, 1.807) is 17.0 Å². The number of carbonyl (C=O) groups is 2. The molecule has 5 rings (SSSR count). The molecule has 2 aliphatic rings. The number of nitrogens with zero attached hydrogens (tertiary/aromatic N) is 1. The first-order chi connectivity index (χ1) is 15.5. The van der Waals surface area contributed by atoms with Gasteiger partial charge in [-0.25, -0.2) is 15.6 Å². The Morgan fingerprint density at radius 2 is 1.59 bits per heavy atom. The Morgan fingerprint density at radius 3 is 2.25 bits per heavy atom. The molecule has 2 saturated heterocycles. The molecule has 0 bridgehead atoms. The molecule has 32 heavy (non-hydrogen) atoms. The summed E-state index contributed by atoms with van der Waals surface area (Å²) in [4.78, 5) is 26.6. The Balaban J connectivity index is 1.62. The molecule has 3 aromatic rings. The maximum Gasteiger partial charge on any atom is 0.335 e. The van der Waals surface area contributed by atoms with Crippen LogP contribution in [0.15, 0.2) is 72.8 Å². The zero-order chi connectivity index (χ0) is 22.4. The van der Waals surface area contributed by atoms with E-state index in [1.165, 1.54) is 17.7 Å². The lowest BCUT2D eigenvalue weighted by atomic mass is 9.83. The van der Waals surface area contributed by atoms with Crippen LogP contribution in [0.5, 0.6) is 0 Å². The van der Waals surface area contributed by atoms with E-state index in [0.717, 1.165) is 11.1 Å². The van der Waals surface area contributed by atoms with Crippen LogP contribution in [0.1, 0.15) is 39.1 Å². The highest BCUT2D eigenvalue weighted by Crippen LogP contribution is 2.50. The van der Waals surface area contributed by atoms with Gasteiger partial charge in [-0.15, -0.1) is 0 Å². The minimum absolute atomic E-state index is 0.0786. The van der Waals surface area contributed by atoms with Crippen molar-refractivity contribution in [1.82, 2.24) is 10.9 Å². The van der Waals surface area contributed by atoms with Crippen LogP contribution in [0.25, 0.3) is 0 Å². The largest absolute Gasteiger partial charge is 0.478 e. The van der Waals surface area contributed by atoms with E-state index in [2.05, 4.69) is 35.1 Å². The van der Waals surface area contributed by atoms with Gasteiger partial charge in [-0.2, -0.15) is 0 Å². The van der Waals surface area contributed by atoms with Crippen LogP contribution in [0, 0.1) is 12.8 Å². The molecule has 6 nitrogen and oxygen atoms in total. The topological polar surface area (TPSA) is 81.7 Å². The average molecular weight is 448 g/mol. The Hall–Kier alpha value is -3.19. The molecule has 4 unspecified atom stereocenters. The predicted octanol–water partition coefficient (Wildman–Crippen LogP) is 4.27. The highest BCUT2D eigenvalue weighted by molar-refractivity contribution is 6.31.